The zero-order valence-electron chi connectivity index (χ0n) is 9.99. The summed E-state index contributed by atoms with van der Waals surface area (Å²) in [5.41, 5.74) is 1.33. The van der Waals surface area contributed by atoms with Crippen molar-refractivity contribution in [3.8, 4) is 5.75 Å². The van der Waals surface area contributed by atoms with Crippen LogP contribution in [0.2, 0.25) is 0 Å². The van der Waals surface area contributed by atoms with Gasteiger partial charge in [0, 0.05) is 25.6 Å². The van der Waals surface area contributed by atoms with Gasteiger partial charge in [-0.25, -0.2) is 0 Å². The lowest BCUT2D eigenvalue weighted by molar-refractivity contribution is 0.222. The maximum Gasteiger partial charge on any atom is 0.123 e. The molecule has 0 saturated heterocycles. The van der Waals surface area contributed by atoms with E-state index in [0.717, 1.165) is 25.3 Å². The average molecular weight is 220 g/mol. The average Bonchev–Trinajstić information content (AvgIpc) is 2.69. The van der Waals surface area contributed by atoms with E-state index < -0.39 is 0 Å². The summed E-state index contributed by atoms with van der Waals surface area (Å²) in [7, 11) is 1.97. The Bertz CT molecular complexity index is 315. The Morgan fingerprint density at radius 1 is 1.44 bits per heavy atom. The van der Waals surface area contributed by atoms with Crippen LogP contribution in [0.3, 0.4) is 0 Å². The molecule has 0 radical (unpaired) electrons. The molecule has 0 fully saturated rings. The summed E-state index contributed by atoms with van der Waals surface area (Å²) in [5.74, 6) is 1.05. The third-order valence-electron chi connectivity index (χ3n) is 2.92. The molecule has 1 heterocycles. The molecule has 1 aromatic carbocycles. The van der Waals surface area contributed by atoms with Crippen LogP contribution in [0.1, 0.15) is 12.5 Å². The van der Waals surface area contributed by atoms with Gasteiger partial charge in [-0.05, 0) is 25.6 Å². The maximum absolute atomic E-state index is 5.85. The van der Waals surface area contributed by atoms with Crippen molar-refractivity contribution < 1.29 is 4.74 Å². The summed E-state index contributed by atoms with van der Waals surface area (Å²) in [4.78, 5) is 0. The highest BCUT2D eigenvalue weighted by molar-refractivity contribution is 5.37. The molecule has 2 N–H and O–H groups in total. The van der Waals surface area contributed by atoms with Crippen molar-refractivity contribution in [3.63, 3.8) is 0 Å². The molecule has 2 unspecified atom stereocenters. The van der Waals surface area contributed by atoms with Crippen molar-refractivity contribution in [2.24, 2.45) is 0 Å². The monoisotopic (exact) mass is 220 g/mol. The summed E-state index contributed by atoms with van der Waals surface area (Å²) < 4.78 is 5.85. The summed E-state index contributed by atoms with van der Waals surface area (Å²) >= 11 is 0. The van der Waals surface area contributed by atoms with Gasteiger partial charge in [-0.2, -0.15) is 0 Å². The fourth-order valence-corrected chi connectivity index (χ4v) is 2.08. The molecule has 2 atom stereocenters. The van der Waals surface area contributed by atoms with Gasteiger partial charge in [0.05, 0.1) is 0 Å². The number of hydrogen-bond donors (Lipinski definition) is 2. The number of likely N-dealkylation sites (N-methyl/N-ethyl adjacent to an activating group) is 1. The molecule has 3 nitrogen and oxygen atoms in total. The number of rotatable bonds is 5. The summed E-state index contributed by atoms with van der Waals surface area (Å²) in [6.45, 7) is 4.08. The minimum Gasteiger partial charge on any atom is -0.488 e. The fourth-order valence-electron chi connectivity index (χ4n) is 2.08. The van der Waals surface area contributed by atoms with Crippen LogP contribution in [-0.2, 0) is 6.42 Å². The molecule has 88 valence electrons. The molecule has 0 aliphatic carbocycles. The number of para-hydroxylation sites is 1. The molecule has 16 heavy (non-hydrogen) atoms. The highest BCUT2D eigenvalue weighted by Crippen LogP contribution is 2.27. The van der Waals surface area contributed by atoms with Crippen molar-refractivity contribution >= 4 is 0 Å². The van der Waals surface area contributed by atoms with Gasteiger partial charge in [0.25, 0.3) is 0 Å². The third kappa shape index (κ3) is 2.74. The third-order valence-corrected chi connectivity index (χ3v) is 2.92. The van der Waals surface area contributed by atoms with E-state index in [1.807, 2.05) is 19.2 Å². The van der Waals surface area contributed by atoms with Gasteiger partial charge in [-0.1, -0.05) is 18.2 Å². The first-order valence-electron chi connectivity index (χ1n) is 5.92. The van der Waals surface area contributed by atoms with Gasteiger partial charge in [-0.3, -0.25) is 0 Å². The molecule has 2 rings (SSSR count). The Balaban J connectivity index is 1.79. The number of nitrogens with one attached hydrogen (secondary N) is 2. The van der Waals surface area contributed by atoms with E-state index in [9.17, 15) is 0 Å². The molecule has 0 saturated carbocycles. The Kier molecular flexibility index (Phi) is 3.80. The smallest absolute Gasteiger partial charge is 0.123 e. The summed E-state index contributed by atoms with van der Waals surface area (Å²) in [6, 6.07) is 8.77. The van der Waals surface area contributed by atoms with Crippen molar-refractivity contribution in [2.45, 2.75) is 25.5 Å². The largest absolute Gasteiger partial charge is 0.488 e. The second-order valence-electron chi connectivity index (χ2n) is 4.42. The van der Waals surface area contributed by atoms with E-state index in [1.54, 1.807) is 0 Å². The predicted molar refractivity (Wildman–Crippen MR) is 66.0 cm³/mol. The van der Waals surface area contributed by atoms with Gasteiger partial charge in [0.15, 0.2) is 0 Å². The van der Waals surface area contributed by atoms with Gasteiger partial charge >= 0.3 is 0 Å². The number of fused-ring (bicyclic) bond motifs is 1. The topological polar surface area (TPSA) is 33.3 Å². The lowest BCUT2D eigenvalue weighted by Crippen LogP contribution is -2.40. The van der Waals surface area contributed by atoms with Crippen LogP contribution in [0.5, 0.6) is 5.75 Å². The molecule has 0 aromatic heterocycles. The second-order valence-corrected chi connectivity index (χ2v) is 4.42. The molecule has 1 aromatic rings. The standard InChI is InChI=1S/C13H20N2O/c1-10(8-14-2)15-9-12-7-11-5-3-4-6-13(11)16-12/h3-6,10,12,14-15H,7-9H2,1-2H3. The quantitative estimate of drug-likeness (QED) is 0.782. The molecular formula is C13H20N2O. The lowest BCUT2D eigenvalue weighted by atomic mass is 10.1. The van der Waals surface area contributed by atoms with Crippen LogP contribution in [0.15, 0.2) is 24.3 Å². The zero-order chi connectivity index (χ0) is 11.4. The van der Waals surface area contributed by atoms with Crippen LogP contribution >= 0.6 is 0 Å². The van der Waals surface area contributed by atoms with Crippen LogP contribution in [-0.4, -0.2) is 32.3 Å². The summed E-state index contributed by atoms with van der Waals surface area (Å²) in [5, 5.41) is 6.63. The fraction of sp³-hybridized carbons (Fsp3) is 0.538. The molecule has 1 aliphatic rings. The minimum absolute atomic E-state index is 0.289. The molecule has 3 heteroatoms. The van der Waals surface area contributed by atoms with E-state index in [-0.39, 0.29) is 6.10 Å². The Morgan fingerprint density at radius 3 is 3.00 bits per heavy atom. The van der Waals surface area contributed by atoms with E-state index >= 15 is 0 Å². The molecule has 0 bridgehead atoms. The second kappa shape index (κ2) is 5.32. The van der Waals surface area contributed by atoms with Crippen LogP contribution in [0.4, 0.5) is 0 Å². The first-order chi connectivity index (χ1) is 7.79. The van der Waals surface area contributed by atoms with Crippen LogP contribution < -0.4 is 15.4 Å². The van der Waals surface area contributed by atoms with Gasteiger partial charge in [0.1, 0.15) is 11.9 Å². The summed E-state index contributed by atoms with van der Waals surface area (Å²) in [6.07, 6.45) is 1.31. The number of hydrogen-bond acceptors (Lipinski definition) is 3. The van der Waals surface area contributed by atoms with E-state index in [2.05, 4.69) is 29.7 Å². The first kappa shape index (κ1) is 11.4. The molecule has 0 amide bonds. The maximum atomic E-state index is 5.85. The highest BCUT2D eigenvalue weighted by Gasteiger charge is 2.22. The van der Waals surface area contributed by atoms with Crippen molar-refractivity contribution in [2.75, 3.05) is 20.1 Å². The van der Waals surface area contributed by atoms with Crippen molar-refractivity contribution in [1.29, 1.82) is 0 Å². The lowest BCUT2D eigenvalue weighted by Gasteiger charge is -2.16. The Labute approximate surface area is 97.2 Å². The van der Waals surface area contributed by atoms with E-state index in [4.69, 9.17) is 4.74 Å². The van der Waals surface area contributed by atoms with Crippen molar-refractivity contribution in [3.05, 3.63) is 29.8 Å². The molecule has 0 spiro atoms. The minimum atomic E-state index is 0.289. The van der Waals surface area contributed by atoms with Crippen LogP contribution in [0, 0.1) is 0 Å². The number of benzene rings is 1. The van der Waals surface area contributed by atoms with Gasteiger partial charge in [0.2, 0.25) is 0 Å². The zero-order valence-corrected chi connectivity index (χ0v) is 9.99. The van der Waals surface area contributed by atoms with Gasteiger partial charge in [-0.15, -0.1) is 0 Å². The highest BCUT2D eigenvalue weighted by atomic mass is 16.5. The van der Waals surface area contributed by atoms with Crippen molar-refractivity contribution in [1.82, 2.24) is 10.6 Å². The predicted octanol–water partition coefficient (Wildman–Crippen LogP) is 1.19. The molecule has 1 aliphatic heterocycles. The molecular weight excluding hydrogens is 200 g/mol. The van der Waals surface area contributed by atoms with Crippen LogP contribution in [0.25, 0.3) is 0 Å². The van der Waals surface area contributed by atoms with E-state index in [0.29, 0.717) is 6.04 Å². The van der Waals surface area contributed by atoms with Gasteiger partial charge < -0.3 is 15.4 Å². The SMILES string of the molecule is CNCC(C)NCC1Cc2ccccc2O1. The van der Waals surface area contributed by atoms with E-state index in [1.165, 1.54) is 5.56 Å². The number of ether oxygens (including phenoxy) is 1. The first-order valence-corrected chi connectivity index (χ1v) is 5.92. The normalized spacial score (nSPS) is 20.2. The Morgan fingerprint density at radius 2 is 2.25 bits per heavy atom. The Hall–Kier alpha value is -1.06.